The number of ether oxygens (including phenoxy) is 2. The number of aliphatic hydroxyl groups is 2. The third kappa shape index (κ3) is 5.66. The Morgan fingerprint density at radius 3 is 2.52 bits per heavy atom. The molecule has 1 aromatic heterocycles. The lowest BCUT2D eigenvalue weighted by atomic mass is 10.0. The van der Waals surface area contributed by atoms with Gasteiger partial charge in [0.2, 0.25) is 18.6 Å². The number of hydrogen-bond donors (Lipinski definition) is 3. The van der Waals surface area contributed by atoms with Gasteiger partial charge in [-0.2, -0.15) is 0 Å². The summed E-state index contributed by atoms with van der Waals surface area (Å²) in [6.45, 7) is 1.88. The average Bonchev–Trinajstić information content (AvgIpc) is 3.55. The fraction of sp³-hybridized carbons (Fsp3) is 0.290. The van der Waals surface area contributed by atoms with Crippen molar-refractivity contribution in [2.45, 2.75) is 38.5 Å². The molecule has 1 unspecified atom stereocenters. The lowest BCUT2D eigenvalue weighted by Gasteiger charge is -2.25. The van der Waals surface area contributed by atoms with E-state index in [1.807, 2.05) is 66.1 Å². The second-order valence-electron chi connectivity index (χ2n) is 9.95. The van der Waals surface area contributed by atoms with Crippen molar-refractivity contribution in [1.82, 2.24) is 9.88 Å². The van der Waals surface area contributed by atoms with Gasteiger partial charge in [0.1, 0.15) is 6.04 Å². The molecule has 1 aliphatic rings. The van der Waals surface area contributed by atoms with Crippen molar-refractivity contribution in [3.8, 4) is 11.5 Å². The first-order chi connectivity index (χ1) is 19.4. The lowest BCUT2D eigenvalue weighted by molar-refractivity contribution is -0.127. The Morgan fingerprint density at radius 2 is 1.75 bits per heavy atom. The predicted molar refractivity (Wildman–Crippen MR) is 152 cm³/mol. The second-order valence-corrected chi connectivity index (χ2v) is 9.95. The van der Waals surface area contributed by atoms with Crippen molar-refractivity contribution in [1.29, 1.82) is 0 Å². The van der Waals surface area contributed by atoms with Gasteiger partial charge in [0.15, 0.2) is 11.5 Å². The molecule has 3 N–H and O–H groups in total. The monoisotopic (exact) mass is 543 g/mol. The van der Waals surface area contributed by atoms with E-state index in [4.69, 9.17) is 9.47 Å². The highest BCUT2D eigenvalue weighted by Gasteiger charge is 2.27. The Morgan fingerprint density at radius 1 is 1.02 bits per heavy atom. The number of benzene rings is 3. The molecule has 0 fully saturated rings. The van der Waals surface area contributed by atoms with Crippen molar-refractivity contribution in [2.75, 3.05) is 25.3 Å². The molecule has 0 spiro atoms. The Labute approximate surface area is 232 Å². The van der Waals surface area contributed by atoms with Crippen LogP contribution in [0.4, 0.5) is 5.69 Å². The van der Waals surface area contributed by atoms with Crippen LogP contribution < -0.4 is 19.7 Å². The molecule has 0 saturated heterocycles. The largest absolute Gasteiger partial charge is 0.454 e. The number of aromatic nitrogens is 1. The smallest absolute Gasteiger partial charge is 0.249 e. The van der Waals surface area contributed by atoms with Crippen LogP contribution in [-0.4, -0.2) is 59.2 Å². The van der Waals surface area contributed by atoms with Crippen molar-refractivity contribution in [2.24, 2.45) is 0 Å². The molecule has 9 nitrogen and oxygen atoms in total. The van der Waals surface area contributed by atoms with Gasteiger partial charge in [-0.3, -0.25) is 9.59 Å². The molecule has 1 aliphatic heterocycles. The van der Waals surface area contributed by atoms with E-state index in [-0.39, 0.29) is 38.2 Å². The summed E-state index contributed by atoms with van der Waals surface area (Å²) in [5, 5.41) is 23.4. The van der Waals surface area contributed by atoms with Gasteiger partial charge in [-0.1, -0.05) is 48.5 Å². The number of anilines is 1. The number of hydrogen-bond acceptors (Lipinski definition) is 6. The summed E-state index contributed by atoms with van der Waals surface area (Å²) >= 11 is 0. The van der Waals surface area contributed by atoms with Crippen molar-refractivity contribution >= 4 is 28.4 Å². The Hall–Kier alpha value is -4.34. The maximum atomic E-state index is 13.8. The summed E-state index contributed by atoms with van der Waals surface area (Å²) < 4.78 is 12.8. The first-order valence-electron chi connectivity index (χ1n) is 13.2. The minimum Gasteiger partial charge on any atom is -0.454 e. The van der Waals surface area contributed by atoms with E-state index in [0.29, 0.717) is 23.6 Å². The number of para-hydroxylation sites is 1. The first kappa shape index (κ1) is 27.2. The van der Waals surface area contributed by atoms with Gasteiger partial charge in [0.25, 0.3) is 0 Å². The lowest BCUT2D eigenvalue weighted by Crippen LogP contribution is -2.49. The van der Waals surface area contributed by atoms with Crippen molar-refractivity contribution < 1.29 is 29.3 Å². The van der Waals surface area contributed by atoms with Gasteiger partial charge in [-0.05, 0) is 36.2 Å². The van der Waals surface area contributed by atoms with E-state index >= 15 is 0 Å². The maximum absolute atomic E-state index is 13.8. The molecule has 3 aromatic carbocycles. The fourth-order valence-electron chi connectivity index (χ4n) is 5.14. The van der Waals surface area contributed by atoms with Crippen molar-refractivity contribution in [3.63, 3.8) is 0 Å². The molecule has 9 heteroatoms. The zero-order valence-corrected chi connectivity index (χ0v) is 22.5. The Bertz CT molecular complexity index is 1520. The van der Waals surface area contributed by atoms with E-state index in [1.54, 1.807) is 25.2 Å². The summed E-state index contributed by atoms with van der Waals surface area (Å²) in [7, 11) is 1.67. The number of nitrogens with zero attached hydrogens (tertiary/aromatic N) is 2. The van der Waals surface area contributed by atoms with Crippen LogP contribution in [0.2, 0.25) is 0 Å². The molecule has 0 saturated carbocycles. The molecule has 0 aliphatic carbocycles. The number of carbonyl (C=O) groups excluding carboxylic acids is 2. The molecule has 5 rings (SSSR count). The van der Waals surface area contributed by atoms with Crippen LogP contribution in [0.5, 0.6) is 11.5 Å². The minimum absolute atomic E-state index is 0.0564. The molecule has 2 heterocycles. The van der Waals surface area contributed by atoms with Crippen molar-refractivity contribution in [3.05, 3.63) is 89.6 Å². The van der Waals surface area contributed by atoms with Crippen LogP contribution in [0.15, 0.2) is 72.8 Å². The Balaban J connectivity index is 1.40. The van der Waals surface area contributed by atoms with Gasteiger partial charge >= 0.3 is 0 Å². The van der Waals surface area contributed by atoms with E-state index < -0.39 is 12.1 Å². The molecule has 2 amide bonds. The third-order valence-corrected chi connectivity index (χ3v) is 7.29. The number of likely N-dealkylation sites (N-methyl/N-ethyl adjacent to an activating group) is 1. The normalized spacial score (nSPS) is 13.7. The predicted octanol–water partition coefficient (Wildman–Crippen LogP) is 2.96. The third-order valence-electron chi connectivity index (χ3n) is 7.29. The Kier molecular flexibility index (Phi) is 8.04. The van der Waals surface area contributed by atoms with Crippen LogP contribution in [0, 0.1) is 6.92 Å². The number of nitrogens with one attached hydrogen (secondary N) is 1. The topological polar surface area (TPSA) is 113 Å². The number of fused-ring (bicyclic) bond motifs is 2. The average molecular weight is 544 g/mol. The zero-order valence-electron chi connectivity index (χ0n) is 22.5. The highest BCUT2D eigenvalue weighted by atomic mass is 16.7. The summed E-state index contributed by atoms with van der Waals surface area (Å²) in [5.41, 5.74) is 4.06. The van der Waals surface area contributed by atoms with Crippen LogP contribution in [0.25, 0.3) is 10.9 Å². The molecule has 208 valence electrons. The van der Waals surface area contributed by atoms with Gasteiger partial charge in [0.05, 0.1) is 25.7 Å². The number of amides is 2. The summed E-state index contributed by atoms with van der Waals surface area (Å²) in [6, 6.07) is 21.7. The van der Waals surface area contributed by atoms with Crippen LogP contribution in [0.1, 0.15) is 16.8 Å². The standard InChI is InChI=1S/C31H33N3O6/c1-20-25(24-10-6-7-11-27(24)34(20)17-23(36)18-35)16-30(37)32-26(14-21-8-4-3-5-9-21)31(38)33(2)22-12-13-28-29(15-22)40-19-39-28/h3-13,15,23,26,35-36H,14,16-19H2,1-2H3,(H,32,37)/t23?,26-/m0/s1. The first-order valence-corrected chi connectivity index (χ1v) is 13.2. The van der Waals surface area contributed by atoms with E-state index in [0.717, 1.165) is 27.7 Å². The summed E-state index contributed by atoms with van der Waals surface area (Å²) in [6.07, 6.45) is -0.541. The molecule has 2 atom stereocenters. The van der Waals surface area contributed by atoms with E-state index in [2.05, 4.69) is 5.32 Å². The molecule has 4 aromatic rings. The minimum atomic E-state index is -0.921. The van der Waals surface area contributed by atoms with Gasteiger partial charge in [0, 0.05) is 41.8 Å². The SMILES string of the molecule is Cc1c(CC(=O)N[C@@H](Cc2ccccc2)C(=O)N(C)c2ccc3c(c2)OCO3)c2ccccc2n1CC(O)CO. The zero-order chi connectivity index (χ0) is 28.2. The second kappa shape index (κ2) is 11.8. The number of rotatable bonds is 10. The van der Waals surface area contributed by atoms with Gasteiger partial charge < -0.3 is 34.5 Å². The quantitative estimate of drug-likeness (QED) is 0.284. The fourth-order valence-corrected chi connectivity index (χ4v) is 5.14. The molecule has 40 heavy (non-hydrogen) atoms. The van der Waals surface area contributed by atoms with Gasteiger partial charge in [-0.15, -0.1) is 0 Å². The summed E-state index contributed by atoms with van der Waals surface area (Å²) in [5.74, 6) is 0.641. The molecular formula is C31H33N3O6. The van der Waals surface area contributed by atoms with Crippen LogP contribution in [0.3, 0.4) is 0 Å². The highest BCUT2D eigenvalue weighted by Crippen LogP contribution is 2.35. The number of carbonyl (C=O) groups is 2. The van der Waals surface area contributed by atoms with E-state index in [1.165, 1.54) is 4.90 Å². The van der Waals surface area contributed by atoms with E-state index in [9.17, 15) is 19.8 Å². The summed E-state index contributed by atoms with van der Waals surface area (Å²) in [4.78, 5) is 28.8. The van der Waals surface area contributed by atoms with Crippen LogP contribution >= 0.6 is 0 Å². The molecular weight excluding hydrogens is 510 g/mol. The van der Waals surface area contributed by atoms with Crippen LogP contribution in [-0.2, 0) is 29.0 Å². The molecule has 0 bridgehead atoms. The van der Waals surface area contributed by atoms with Gasteiger partial charge in [-0.25, -0.2) is 0 Å². The highest BCUT2D eigenvalue weighted by molar-refractivity contribution is 6.00. The maximum Gasteiger partial charge on any atom is 0.249 e. The number of aliphatic hydroxyl groups excluding tert-OH is 2. The molecule has 0 radical (unpaired) electrons.